The van der Waals surface area contributed by atoms with E-state index in [1.54, 1.807) is 11.2 Å². The second-order valence-corrected chi connectivity index (χ2v) is 4.46. The van der Waals surface area contributed by atoms with E-state index in [4.69, 9.17) is 5.11 Å². The molecule has 18 heavy (non-hydrogen) atoms. The Labute approximate surface area is 106 Å². The summed E-state index contributed by atoms with van der Waals surface area (Å²) in [6.45, 7) is 4.01. The van der Waals surface area contributed by atoms with E-state index < -0.39 is 0 Å². The molecule has 0 fully saturated rings. The van der Waals surface area contributed by atoms with E-state index in [1.807, 2.05) is 6.92 Å². The average Bonchev–Trinajstić information content (AvgIpc) is 2.86. The van der Waals surface area contributed by atoms with E-state index in [0.717, 1.165) is 11.4 Å². The molecule has 6 nitrogen and oxygen atoms in total. The van der Waals surface area contributed by atoms with Crippen molar-refractivity contribution in [1.29, 1.82) is 0 Å². The number of fused-ring (bicyclic) bond motifs is 1. The van der Waals surface area contributed by atoms with Crippen LogP contribution in [0.2, 0.25) is 0 Å². The molecule has 1 aromatic rings. The number of aliphatic hydroxyl groups excluding tert-OH is 1. The molecule has 0 aliphatic carbocycles. The number of hydrogen-bond acceptors (Lipinski definition) is 4. The van der Waals surface area contributed by atoms with Crippen molar-refractivity contribution < 1.29 is 9.90 Å². The van der Waals surface area contributed by atoms with Gasteiger partial charge in [0.15, 0.2) is 0 Å². The first-order valence-electron chi connectivity index (χ1n) is 6.40. The molecule has 0 saturated heterocycles. The number of nitrogens with one attached hydrogen (secondary N) is 2. The maximum Gasteiger partial charge on any atom is 0.240 e. The van der Waals surface area contributed by atoms with E-state index in [-0.39, 0.29) is 18.6 Å². The fourth-order valence-corrected chi connectivity index (χ4v) is 2.25. The quantitative estimate of drug-likeness (QED) is 0.669. The van der Waals surface area contributed by atoms with Crippen LogP contribution in [-0.2, 0) is 17.8 Å². The first kappa shape index (κ1) is 13.0. The van der Waals surface area contributed by atoms with Crippen LogP contribution in [0.4, 0.5) is 0 Å². The van der Waals surface area contributed by atoms with Gasteiger partial charge in [0.05, 0.1) is 23.8 Å². The van der Waals surface area contributed by atoms with Crippen LogP contribution >= 0.6 is 0 Å². The van der Waals surface area contributed by atoms with Gasteiger partial charge in [-0.2, -0.15) is 0 Å². The smallest absolute Gasteiger partial charge is 0.240 e. The predicted octanol–water partition coefficient (Wildman–Crippen LogP) is -0.345. The van der Waals surface area contributed by atoms with Gasteiger partial charge in [-0.3, -0.25) is 10.1 Å². The number of aromatic amines is 1. The lowest BCUT2D eigenvalue weighted by molar-refractivity contribution is -0.133. The minimum absolute atomic E-state index is 0.0969. The van der Waals surface area contributed by atoms with E-state index in [0.29, 0.717) is 32.5 Å². The SMILES string of the molecule is CCN(CCCO)C(=O)C1Cc2nc[nH]c2CN1. The highest BCUT2D eigenvalue weighted by molar-refractivity contribution is 5.82. The van der Waals surface area contributed by atoms with Gasteiger partial charge >= 0.3 is 0 Å². The number of hydrogen-bond donors (Lipinski definition) is 3. The third-order valence-corrected chi connectivity index (χ3v) is 3.31. The number of carbonyl (C=O) groups excluding carboxylic acids is 1. The summed E-state index contributed by atoms with van der Waals surface area (Å²) >= 11 is 0. The second kappa shape index (κ2) is 5.97. The van der Waals surface area contributed by atoms with Gasteiger partial charge in [0.25, 0.3) is 0 Å². The number of nitrogens with zero attached hydrogens (tertiary/aromatic N) is 2. The van der Waals surface area contributed by atoms with Gasteiger partial charge in [-0.15, -0.1) is 0 Å². The molecule has 0 saturated carbocycles. The molecule has 1 amide bonds. The minimum atomic E-state index is -0.195. The summed E-state index contributed by atoms with van der Waals surface area (Å²) in [5, 5.41) is 12.1. The van der Waals surface area contributed by atoms with Crippen molar-refractivity contribution in [3.05, 3.63) is 17.7 Å². The Balaban J connectivity index is 1.97. The summed E-state index contributed by atoms with van der Waals surface area (Å²) < 4.78 is 0. The molecule has 1 unspecified atom stereocenters. The first-order chi connectivity index (χ1) is 8.76. The average molecular weight is 252 g/mol. The summed E-state index contributed by atoms with van der Waals surface area (Å²) in [6, 6.07) is -0.195. The number of aliphatic hydroxyl groups is 1. The zero-order valence-electron chi connectivity index (χ0n) is 10.6. The van der Waals surface area contributed by atoms with E-state index in [1.165, 1.54) is 0 Å². The first-order valence-corrected chi connectivity index (χ1v) is 6.40. The molecule has 100 valence electrons. The largest absolute Gasteiger partial charge is 0.396 e. The van der Waals surface area contributed by atoms with Crippen LogP contribution in [-0.4, -0.2) is 51.6 Å². The molecule has 6 heteroatoms. The van der Waals surface area contributed by atoms with Crippen LogP contribution in [0.25, 0.3) is 0 Å². The lowest BCUT2D eigenvalue weighted by atomic mass is 10.0. The number of likely N-dealkylation sites (N-methyl/N-ethyl adjacent to an activating group) is 1. The molecule has 1 aliphatic heterocycles. The molecule has 1 atom stereocenters. The number of aromatic nitrogens is 2. The maximum atomic E-state index is 12.3. The Morgan fingerprint density at radius 1 is 1.67 bits per heavy atom. The summed E-state index contributed by atoms with van der Waals surface area (Å²) in [4.78, 5) is 21.4. The van der Waals surface area contributed by atoms with Gasteiger partial charge in [0, 0.05) is 32.7 Å². The van der Waals surface area contributed by atoms with Gasteiger partial charge in [0.1, 0.15) is 0 Å². The summed E-state index contributed by atoms with van der Waals surface area (Å²) in [6.07, 6.45) is 2.93. The Morgan fingerprint density at radius 2 is 2.50 bits per heavy atom. The van der Waals surface area contributed by atoms with Crippen molar-refractivity contribution in [1.82, 2.24) is 20.2 Å². The summed E-state index contributed by atoms with van der Waals surface area (Å²) in [7, 11) is 0. The van der Waals surface area contributed by atoms with Crippen LogP contribution in [0.1, 0.15) is 24.7 Å². The molecule has 0 spiro atoms. The van der Waals surface area contributed by atoms with Gasteiger partial charge in [0.2, 0.25) is 5.91 Å². The van der Waals surface area contributed by atoms with Crippen LogP contribution in [0.5, 0.6) is 0 Å². The van der Waals surface area contributed by atoms with Crippen LogP contribution < -0.4 is 5.32 Å². The van der Waals surface area contributed by atoms with Crippen molar-refractivity contribution >= 4 is 5.91 Å². The van der Waals surface area contributed by atoms with Gasteiger partial charge in [-0.25, -0.2) is 4.98 Å². The minimum Gasteiger partial charge on any atom is -0.396 e. The fourth-order valence-electron chi connectivity index (χ4n) is 2.25. The van der Waals surface area contributed by atoms with Crippen LogP contribution in [0.3, 0.4) is 0 Å². The van der Waals surface area contributed by atoms with Crippen LogP contribution in [0.15, 0.2) is 6.33 Å². The molecule has 0 aromatic carbocycles. The highest BCUT2D eigenvalue weighted by atomic mass is 16.3. The lowest BCUT2D eigenvalue weighted by Gasteiger charge is -2.28. The standard InChI is InChI=1S/C12H20N4O2/c1-2-16(4-3-5-17)12(18)10-6-9-11(7-13-10)15-8-14-9/h8,10,13,17H,2-7H2,1H3,(H,14,15). The third kappa shape index (κ3) is 2.70. The Hall–Kier alpha value is -1.40. The summed E-state index contributed by atoms with van der Waals surface area (Å²) in [5.74, 6) is 0.0969. The maximum absolute atomic E-state index is 12.3. The van der Waals surface area contributed by atoms with Crippen molar-refractivity contribution in [2.75, 3.05) is 19.7 Å². The van der Waals surface area contributed by atoms with Gasteiger partial charge < -0.3 is 15.0 Å². The molecule has 1 aromatic heterocycles. The highest BCUT2D eigenvalue weighted by Crippen LogP contribution is 2.13. The van der Waals surface area contributed by atoms with Gasteiger partial charge in [-0.05, 0) is 13.3 Å². The second-order valence-electron chi connectivity index (χ2n) is 4.46. The normalized spacial score (nSPS) is 18.4. The van der Waals surface area contributed by atoms with Crippen molar-refractivity contribution in [2.24, 2.45) is 0 Å². The zero-order chi connectivity index (χ0) is 13.0. The molecular formula is C12H20N4O2. The Morgan fingerprint density at radius 3 is 3.22 bits per heavy atom. The molecule has 0 radical (unpaired) electrons. The number of amides is 1. The van der Waals surface area contributed by atoms with E-state index >= 15 is 0 Å². The molecule has 2 heterocycles. The Bertz CT molecular complexity index is 405. The third-order valence-electron chi connectivity index (χ3n) is 3.31. The van der Waals surface area contributed by atoms with Crippen LogP contribution in [0, 0.1) is 0 Å². The molecule has 3 N–H and O–H groups in total. The molecule has 1 aliphatic rings. The summed E-state index contributed by atoms with van der Waals surface area (Å²) in [5.41, 5.74) is 2.04. The van der Waals surface area contributed by atoms with Crippen molar-refractivity contribution in [3.8, 4) is 0 Å². The lowest BCUT2D eigenvalue weighted by Crippen LogP contribution is -2.49. The topological polar surface area (TPSA) is 81.2 Å². The highest BCUT2D eigenvalue weighted by Gasteiger charge is 2.28. The van der Waals surface area contributed by atoms with E-state index in [2.05, 4.69) is 15.3 Å². The zero-order valence-corrected chi connectivity index (χ0v) is 10.6. The molecular weight excluding hydrogens is 232 g/mol. The number of imidazole rings is 1. The van der Waals surface area contributed by atoms with E-state index in [9.17, 15) is 4.79 Å². The number of carbonyl (C=O) groups is 1. The number of H-pyrrole nitrogens is 1. The fraction of sp³-hybridized carbons (Fsp3) is 0.667. The van der Waals surface area contributed by atoms with Crippen molar-refractivity contribution in [3.63, 3.8) is 0 Å². The number of rotatable bonds is 5. The monoisotopic (exact) mass is 252 g/mol. The Kier molecular flexibility index (Phi) is 4.33. The predicted molar refractivity (Wildman–Crippen MR) is 66.9 cm³/mol. The molecule has 0 bridgehead atoms. The molecule has 2 rings (SSSR count). The van der Waals surface area contributed by atoms with Crippen molar-refractivity contribution in [2.45, 2.75) is 32.4 Å². The van der Waals surface area contributed by atoms with Gasteiger partial charge in [-0.1, -0.05) is 0 Å².